The number of amides is 4. The number of aryl methyl sites for hydroxylation is 2. The van der Waals surface area contributed by atoms with E-state index in [0.29, 0.717) is 29.6 Å². The Morgan fingerprint density at radius 3 is 2.41 bits per heavy atom. The highest BCUT2D eigenvalue weighted by atomic mass is 32.2. The van der Waals surface area contributed by atoms with Crippen molar-refractivity contribution in [2.24, 2.45) is 4.99 Å². The lowest BCUT2D eigenvalue weighted by Gasteiger charge is -2.19. The third-order valence-corrected chi connectivity index (χ3v) is 6.43. The van der Waals surface area contributed by atoms with Crippen LogP contribution >= 0.6 is 11.8 Å². The quantitative estimate of drug-likeness (QED) is 0.372. The first-order valence-corrected chi connectivity index (χ1v) is 11.9. The lowest BCUT2D eigenvalue weighted by Crippen LogP contribution is -2.33. The molecular weight excluding hydrogens is 452 g/mol. The molecule has 4 rings (SSSR count). The summed E-state index contributed by atoms with van der Waals surface area (Å²) in [5.74, 6) is 0.921. The summed E-state index contributed by atoms with van der Waals surface area (Å²) < 4.78 is 5.20. The number of nitrogens with one attached hydrogen (secondary N) is 1. The van der Waals surface area contributed by atoms with Crippen molar-refractivity contribution in [3.8, 4) is 5.75 Å². The van der Waals surface area contributed by atoms with E-state index in [9.17, 15) is 14.4 Å². The third kappa shape index (κ3) is 5.14. The fourth-order valence-corrected chi connectivity index (χ4v) is 4.76. The standard InChI is InChI=1S/C25H26N4O4S/c1-16-11-17(2)13-19(12-16)29-23(31)21(14-18-5-7-20(33-3)8-6-18)27-25(29)34-10-4-9-28-22(30)15-26-24(28)32/h5-8,11-14H,4,9-10,15H2,1-3H3,(H,26,32)/b21-14-. The van der Waals surface area contributed by atoms with E-state index < -0.39 is 0 Å². The Bertz CT molecular complexity index is 1150. The van der Waals surface area contributed by atoms with Gasteiger partial charge in [-0.05, 0) is 67.3 Å². The van der Waals surface area contributed by atoms with E-state index in [1.807, 2.05) is 50.2 Å². The first kappa shape index (κ1) is 23.6. The van der Waals surface area contributed by atoms with Crippen molar-refractivity contribution in [1.82, 2.24) is 10.2 Å². The topological polar surface area (TPSA) is 91.3 Å². The molecule has 1 saturated heterocycles. The van der Waals surface area contributed by atoms with Gasteiger partial charge in [-0.1, -0.05) is 30.0 Å². The first-order chi connectivity index (χ1) is 16.4. The minimum Gasteiger partial charge on any atom is -0.497 e. The molecule has 2 aliphatic rings. The SMILES string of the molecule is COc1ccc(/C=C2\N=C(SCCCN3C(=O)CNC3=O)N(c3cc(C)cc(C)c3)C2=O)cc1. The normalized spacial score (nSPS) is 17.0. The van der Waals surface area contributed by atoms with Crippen LogP contribution < -0.4 is 15.0 Å². The summed E-state index contributed by atoms with van der Waals surface area (Å²) in [5.41, 5.74) is 4.07. The molecule has 9 heteroatoms. The zero-order chi connectivity index (χ0) is 24.2. The Morgan fingerprint density at radius 2 is 1.79 bits per heavy atom. The summed E-state index contributed by atoms with van der Waals surface area (Å²) in [4.78, 5) is 44.4. The Morgan fingerprint density at radius 1 is 1.09 bits per heavy atom. The number of carbonyl (C=O) groups is 3. The van der Waals surface area contributed by atoms with Gasteiger partial charge in [0.1, 0.15) is 11.4 Å². The summed E-state index contributed by atoms with van der Waals surface area (Å²) >= 11 is 1.43. The van der Waals surface area contributed by atoms with Gasteiger partial charge in [-0.3, -0.25) is 19.4 Å². The number of imide groups is 1. The van der Waals surface area contributed by atoms with E-state index in [1.165, 1.54) is 16.7 Å². The van der Waals surface area contributed by atoms with Gasteiger partial charge < -0.3 is 10.1 Å². The number of aliphatic imine (C=N–C) groups is 1. The van der Waals surface area contributed by atoms with Crippen LogP contribution in [0.3, 0.4) is 0 Å². The molecule has 0 radical (unpaired) electrons. The van der Waals surface area contributed by atoms with Gasteiger partial charge in [0.25, 0.3) is 5.91 Å². The van der Waals surface area contributed by atoms with Crippen LogP contribution in [0.2, 0.25) is 0 Å². The van der Waals surface area contributed by atoms with Crippen LogP contribution in [0.5, 0.6) is 5.75 Å². The van der Waals surface area contributed by atoms with Gasteiger partial charge in [0, 0.05) is 12.3 Å². The summed E-state index contributed by atoms with van der Waals surface area (Å²) in [5, 5.41) is 3.10. The molecule has 2 aliphatic heterocycles. The molecule has 34 heavy (non-hydrogen) atoms. The molecule has 176 valence electrons. The third-order valence-electron chi connectivity index (χ3n) is 5.41. The van der Waals surface area contributed by atoms with Crippen molar-refractivity contribution in [2.75, 3.05) is 30.9 Å². The number of thioether (sulfide) groups is 1. The Labute approximate surface area is 202 Å². The van der Waals surface area contributed by atoms with E-state index in [1.54, 1.807) is 18.1 Å². The molecular formula is C25H26N4O4S. The fourth-order valence-electron chi connectivity index (χ4n) is 3.83. The van der Waals surface area contributed by atoms with Crippen molar-refractivity contribution in [1.29, 1.82) is 0 Å². The smallest absolute Gasteiger partial charge is 0.324 e. The average molecular weight is 479 g/mol. The monoisotopic (exact) mass is 478 g/mol. The molecule has 0 saturated carbocycles. The number of anilines is 1. The molecule has 0 unspecified atom stereocenters. The number of hydrogen-bond acceptors (Lipinski definition) is 6. The second-order valence-electron chi connectivity index (χ2n) is 8.09. The molecule has 0 spiro atoms. The Balaban J connectivity index is 1.55. The van der Waals surface area contributed by atoms with E-state index in [4.69, 9.17) is 4.74 Å². The van der Waals surface area contributed by atoms with E-state index in [2.05, 4.69) is 16.4 Å². The molecule has 0 aliphatic carbocycles. The van der Waals surface area contributed by atoms with Crippen molar-refractivity contribution in [3.63, 3.8) is 0 Å². The number of ether oxygens (including phenoxy) is 1. The Kier molecular flexibility index (Phi) is 7.02. The lowest BCUT2D eigenvalue weighted by atomic mass is 10.1. The predicted molar refractivity (Wildman–Crippen MR) is 134 cm³/mol. The average Bonchev–Trinajstić information content (AvgIpc) is 3.29. The lowest BCUT2D eigenvalue weighted by molar-refractivity contribution is -0.125. The number of methoxy groups -OCH3 is 1. The van der Waals surface area contributed by atoms with E-state index in [-0.39, 0.29) is 24.4 Å². The van der Waals surface area contributed by atoms with Gasteiger partial charge in [0.2, 0.25) is 5.91 Å². The molecule has 0 atom stereocenters. The Hall–Kier alpha value is -3.59. The van der Waals surface area contributed by atoms with Gasteiger partial charge in [0.15, 0.2) is 5.17 Å². The molecule has 4 amide bonds. The predicted octanol–water partition coefficient (Wildman–Crippen LogP) is 3.73. The van der Waals surface area contributed by atoms with Gasteiger partial charge in [-0.2, -0.15) is 0 Å². The van der Waals surface area contributed by atoms with Gasteiger partial charge in [0.05, 0.1) is 19.3 Å². The molecule has 8 nitrogen and oxygen atoms in total. The highest BCUT2D eigenvalue weighted by molar-refractivity contribution is 8.14. The number of amidine groups is 1. The number of urea groups is 1. The number of carbonyl (C=O) groups excluding carboxylic acids is 3. The summed E-state index contributed by atoms with van der Waals surface area (Å²) in [6.07, 6.45) is 2.35. The van der Waals surface area contributed by atoms with E-state index >= 15 is 0 Å². The van der Waals surface area contributed by atoms with Crippen LogP contribution in [0, 0.1) is 13.8 Å². The van der Waals surface area contributed by atoms with Crippen LogP contribution in [0.25, 0.3) is 6.08 Å². The number of rotatable bonds is 7. The number of benzene rings is 2. The summed E-state index contributed by atoms with van der Waals surface area (Å²) in [6, 6.07) is 13.0. The fraction of sp³-hybridized carbons (Fsp3) is 0.280. The molecule has 1 N–H and O–H groups in total. The molecule has 0 bridgehead atoms. The maximum Gasteiger partial charge on any atom is 0.324 e. The van der Waals surface area contributed by atoms with Crippen LogP contribution in [0.4, 0.5) is 10.5 Å². The second kappa shape index (κ2) is 10.1. The van der Waals surface area contributed by atoms with Crippen molar-refractivity contribution in [2.45, 2.75) is 20.3 Å². The van der Waals surface area contributed by atoms with Crippen LogP contribution in [0.1, 0.15) is 23.1 Å². The maximum atomic E-state index is 13.4. The zero-order valence-electron chi connectivity index (χ0n) is 19.3. The largest absolute Gasteiger partial charge is 0.497 e. The molecule has 2 aromatic carbocycles. The second-order valence-corrected chi connectivity index (χ2v) is 9.15. The van der Waals surface area contributed by atoms with Gasteiger partial charge in [-0.25, -0.2) is 9.79 Å². The zero-order valence-corrected chi connectivity index (χ0v) is 20.1. The number of hydrogen-bond donors (Lipinski definition) is 1. The molecule has 1 fully saturated rings. The van der Waals surface area contributed by atoms with Crippen molar-refractivity contribution < 1.29 is 19.1 Å². The highest BCUT2D eigenvalue weighted by Crippen LogP contribution is 2.31. The molecule has 0 aromatic heterocycles. The maximum absolute atomic E-state index is 13.4. The van der Waals surface area contributed by atoms with Crippen LogP contribution in [0.15, 0.2) is 53.2 Å². The van der Waals surface area contributed by atoms with Crippen LogP contribution in [-0.2, 0) is 9.59 Å². The van der Waals surface area contributed by atoms with Gasteiger partial charge in [-0.15, -0.1) is 0 Å². The molecule has 2 aromatic rings. The van der Waals surface area contributed by atoms with E-state index in [0.717, 1.165) is 28.1 Å². The molecule has 2 heterocycles. The van der Waals surface area contributed by atoms with Crippen LogP contribution in [-0.4, -0.2) is 53.9 Å². The number of nitrogens with zero attached hydrogens (tertiary/aromatic N) is 3. The summed E-state index contributed by atoms with van der Waals surface area (Å²) in [7, 11) is 1.61. The minimum absolute atomic E-state index is 0.0488. The first-order valence-electron chi connectivity index (χ1n) is 10.9. The van der Waals surface area contributed by atoms with Crippen molar-refractivity contribution >= 4 is 46.5 Å². The minimum atomic E-state index is -0.357. The summed E-state index contributed by atoms with van der Waals surface area (Å²) in [6.45, 7) is 4.37. The van der Waals surface area contributed by atoms with Gasteiger partial charge >= 0.3 is 6.03 Å². The van der Waals surface area contributed by atoms with Crippen molar-refractivity contribution in [3.05, 3.63) is 64.9 Å². The highest BCUT2D eigenvalue weighted by Gasteiger charge is 2.32.